The van der Waals surface area contributed by atoms with Gasteiger partial charge in [0.25, 0.3) is 0 Å². The van der Waals surface area contributed by atoms with Crippen molar-refractivity contribution < 1.29 is 13.9 Å². The molecule has 0 spiro atoms. The minimum atomic E-state index is -0.399. The molecule has 0 aliphatic carbocycles. The molecule has 2 aromatic carbocycles. The highest BCUT2D eigenvalue weighted by atomic mass is 19.1. The molecule has 0 aromatic heterocycles. The molecule has 2 rings (SSSR count). The van der Waals surface area contributed by atoms with E-state index >= 15 is 0 Å². The van der Waals surface area contributed by atoms with Gasteiger partial charge >= 0.3 is 0 Å². The molecule has 0 N–H and O–H groups in total. The summed E-state index contributed by atoms with van der Waals surface area (Å²) in [5.41, 5.74) is 3.09. The number of carbonyl (C=O) groups excluding carboxylic acids is 1. The average molecular weight is 329 g/mol. The first-order valence-electron chi connectivity index (χ1n) is 8.07. The van der Waals surface area contributed by atoms with Crippen molar-refractivity contribution in [3.05, 3.63) is 65.0 Å². The predicted octanol–water partition coefficient (Wildman–Crippen LogP) is 4.29. The Morgan fingerprint density at radius 3 is 2.46 bits per heavy atom. The van der Waals surface area contributed by atoms with Crippen LogP contribution in [-0.4, -0.2) is 25.0 Å². The van der Waals surface area contributed by atoms with E-state index in [9.17, 15) is 9.18 Å². The molecule has 0 aliphatic heterocycles. The van der Waals surface area contributed by atoms with E-state index in [1.54, 1.807) is 17.0 Å². The number of halogens is 1. The Bertz CT molecular complexity index is 697. The third-order valence-electron chi connectivity index (χ3n) is 4.38. The maximum absolute atomic E-state index is 13.7. The number of hydrogen-bond donors (Lipinski definition) is 0. The average Bonchev–Trinajstić information content (AvgIpc) is 2.59. The van der Waals surface area contributed by atoms with Crippen LogP contribution in [0.25, 0.3) is 0 Å². The number of methoxy groups -OCH3 is 1. The second kappa shape index (κ2) is 7.95. The maximum atomic E-state index is 13.7. The quantitative estimate of drug-likeness (QED) is 0.791. The first kappa shape index (κ1) is 18.0. The van der Waals surface area contributed by atoms with Crippen molar-refractivity contribution in [1.29, 1.82) is 0 Å². The van der Waals surface area contributed by atoms with Crippen LogP contribution in [0, 0.1) is 12.7 Å². The fourth-order valence-corrected chi connectivity index (χ4v) is 2.58. The summed E-state index contributed by atoms with van der Waals surface area (Å²) < 4.78 is 18.6. The van der Waals surface area contributed by atoms with E-state index in [4.69, 9.17) is 4.74 Å². The lowest BCUT2D eigenvalue weighted by atomic mass is 10.0. The summed E-state index contributed by atoms with van der Waals surface area (Å²) in [6, 6.07) is 13.0. The van der Waals surface area contributed by atoms with E-state index in [2.05, 4.69) is 0 Å². The van der Waals surface area contributed by atoms with Crippen LogP contribution in [0.1, 0.15) is 36.1 Å². The van der Waals surface area contributed by atoms with Gasteiger partial charge in [-0.3, -0.25) is 4.79 Å². The Morgan fingerprint density at radius 2 is 1.88 bits per heavy atom. The highest BCUT2D eigenvalue weighted by Gasteiger charge is 2.17. The Kier molecular flexibility index (Phi) is 5.96. The molecule has 24 heavy (non-hydrogen) atoms. The van der Waals surface area contributed by atoms with Gasteiger partial charge in [0, 0.05) is 13.5 Å². The SMILES string of the molecule is COc1ccc(CCC(=O)N(C)C(C)c2ccc(C)cc2)cc1F. The van der Waals surface area contributed by atoms with Crippen LogP contribution in [0.4, 0.5) is 4.39 Å². The van der Waals surface area contributed by atoms with Crippen LogP contribution in [0.3, 0.4) is 0 Å². The number of amides is 1. The molecule has 1 unspecified atom stereocenters. The van der Waals surface area contributed by atoms with Crippen molar-refractivity contribution >= 4 is 5.91 Å². The van der Waals surface area contributed by atoms with E-state index in [0.717, 1.165) is 11.1 Å². The van der Waals surface area contributed by atoms with Crippen LogP contribution in [0.2, 0.25) is 0 Å². The fraction of sp³-hybridized carbons (Fsp3) is 0.350. The highest BCUT2D eigenvalue weighted by molar-refractivity contribution is 5.76. The van der Waals surface area contributed by atoms with E-state index < -0.39 is 5.82 Å². The molecular formula is C20H24FNO2. The Hall–Kier alpha value is -2.36. The van der Waals surface area contributed by atoms with Gasteiger partial charge < -0.3 is 9.64 Å². The highest BCUT2D eigenvalue weighted by Crippen LogP contribution is 2.21. The summed E-state index contributed by atoms with van der Waals surface area (Å²) >= 11 is 0. The standard InChI is InChI=1S/C20H24FNO2/c1-14-5-9-17(10-6-14)15(2)22(3)20(23)12-8-16-7-11-19(24-4)18(21)13-16/h5-7,9-11,13,15H,8,12H2,1-4H3. The number of hydrogen-bond acceptors (Lipinski definition) is 2. The number of rotatable bonds is 6. The zero-order chi connectivity index (χ0) is 17.7. The van der Waals surface area contributed by atoms with Gasteiger partial charge in [0.15, 0.2) is 11.6 Å². The van der Waals surface area contributed by atoms with Crippen molar-refractivity contribution in [3.8, 4) is 5.75 Å². The topological polar surface area (TPSA) is 29.5 Å². The minimum absolute atomic E-state index is 0.00528. The van der Waals surface area contributed by atoms with Gasteiger partial charge in [-0.15, -0.1) is 0 Å². The second-order valence-corrected chi connectivity index (χ2v) is 6.06. The number of nitrogens with zero attached hydrogens (tertiary/aromatic N) is 1. The third-order valence-corrected chi connectivity index (χ3v) is 4.38. The summed E-state index contributed by atoms with van der Waals surface area (Å²) in [7, 11) is 3.24. The predicted molar refractivity (Wildman–Crippen MR) is 93.6 cm³/mol. The van der Waals surface area contributed by atoms with Crippen LogP contribution in [0.5, 0.6) is 5.75 Å². The number of benzene rings is 2. The zero-order valence-electron chi connectivity index (χ0n) is 14.7. The largest absolute Gasteiger partial charge is 0.494 e. The molecule has 0 radical (unpaired) electrons. The fourth-order valence-electron chi connectivity index (χ4n) is 2.58. The molecular weight excluding hydrogens is 305 g/mol. The summed E-state index contributed by atoms with van der Waals surface area (Å²) in [5.74, 6) is -0.140. The molecule has 1 atom stereocenters. The summed E-state index contributed by atoms with van der Waals surface area (Å²) in [6.45, 7) is 4.05. The normalized spacial score (nSPS) is 11.9. The first-order chi connectivity index (χ1) is 11.4. The summed E-state index contributed by atoms with van der Waals surface area (Å²) in [6.07, 6.45) is 0.850. The van der Waals surface area contributed by atoms with Crippen LogP contribution < -0.4 is 4.74 Å². The van der Waals surface area contributed by atoms with Crippen LogP contribution >= 0.6 is 0 Å². The molecule has 0 saturated carbocycles. The van der Waals surface area contributed by atoms with Gasteiger partial charge in [0.1, 0.15) is 0 Å². The van der Waals surface area contributed by atoms with Crippen molar-refractivity contribution in [2.75, 3.05) is 14.2 Å². The van der Waals surface area contributed by atoms with Crippen LogP contribution in [-0.2, 0) is 11.2 Å². The van der Waals surface area contributed by atoms with Gasteiger partial charge in [-0.2, -0.15) is 0 Å². The van der Waals surface area contributed by atoms with E-state index in [0.29, 0.717) is 12.8 Å². The molecule has 0 fully saturated rings. The molecule has 0 bridgehead atoms. The van der Waals surface area contributed by atoms with Gasteiger partial charge in [-0.05, 0) is 43.5 Å². The maximum Gasteiger partial charge on any atom is 0.223 e. The number of carbonyl (C=O) groups is 1. The van der Waals surface area contributed by atoms with Crippen molar-refractivity contribution in [3.63, 3.8) is 0 Å². The van der Waals surface area contributed by atoms with E-state index in [1.165, 1.54) is 18.7 Å². The third kappa shape index (κ3) is 4.34. The van der Waals surface area contributed by atoms with Gasteiger partial charge in [0.05, 0.1) is 13.2 Å². The summed E-state index contributed by atoms with van der Waals surface area (Å²) in [4.78, 5) is 14.2. The smallest absolute Gasteiger partial charge is 0.223 e. The van der Waals surface area contributed by atoms with Crippen molar-refractivity contribution in [2.45, 2.75) is 32.7 Å². The Labute approximate surface area is 143 Å². The van der Waals surface area contributed by atoms with E-state index in [-0.39, 0.29) is 17.7 Å². The minimum Gasteiger partial charge on any atom is -0.494 e. The molecule has 128 valence electrons. The monoisotopic (exact) mass is 329 g/mol. The lowest BCUT2D eigenvalue weighted by Crippen LogP contribution is -2.29. The van der Waals surface area contributed by atoms with Crippen molar-refractivity contribution in [2.24, 2.45) is 0 Å². The molecule has 1 amide bonds. The lowest BCUT2D eigenvalue weighted by molar-refractivity contribution is -0.131. The molecule has 0 aliphatic rings. The molecule has 4 heteroatoms. The molecule has 3 nitrogen and oxygen atoms in total. The first-order valence-corrected chi connectivity index (χ1v) is 8.07. The Balaban J connectivity index is 1.96. The van der Waals surface area contributed by atoms with E-state index in [1.807, 2.05) is 45.2 Å². The van der Waals surface area contributed by atoms with Gasteiger partial charge in [0.2, 0.25) is 5.91 Å². The molecule has 0 heterocycles. The molecule has 2 aromatic rings. The van der Waals surface area contributed by atoms with Gasteiger partial charge in [-0.25, -0.2) is 4.39 Å². The second-order valence-electron chi connectivity index (χ2n) is 6.06. The van der Waals surface area contributed by atoms with Gasteiger partial charge in [-0.1, -0.05) is 35.9 Å². The van der Waals surface area contributed by atoms with Crippen molar-refractivity contribution in [1.82, 2.24) is 4.90 Å². The Morgan fingerprint density at radius 1 is 1.21 bits per heavy atom. The molecule has 0 saturated heterocycles. The lowest BCUT2D eigenvalue weighted by Gasteiger charge is -2.25. The zero-order valence-corrected chi connectivity index (χ0v) is 14.7. The van der Waals surface area contributed by atoms with Crippen LogP contribution in [0.15, 0.2) is 42.5 Å². The number of aryl methyl sites for hydroxylation is 2. The summed E-state index contributed by atoms with van der Waals surface area (Å²) in [5, 5.41) is 0. The number of ether oxygens (including phenoxy) is 1.